The van der Waals surface area contributed by atoms with Crippen molar-refractivity contribution in [3.05, 3.63) is 0 Å². The lowest BCUT2D eigenvalue weighted by Crippen LogP contribution is -2.28. The minimum atomic E-state index is 0.516. The first-order valence-electron chi connectivity index (χ1n) is 6.08. The molecule has 0 radical (unpaired) electrons. The highest BCUT2D eigenvalue weighted by Crippen LogP contribution is 2.51. The van der Waals surface area contributed by atoms with Crippen molar-refractivity contribution < 1.29 is 0 Å². The fraction of sp³-hybridized carbons (Fsp3) is 1.00. The summed E-state index contributed by atoms with van der Waals surface area (Å²) >= 11 is 0. The molecule has 2 aliphatic rings. The quantitative estimate of drug-likeness (QED) is 0.574. The average molecular weight is 195 g/mol. The van der Waals surface area contributed by atoms with Gasteiger partial charge in [0, 0.05) is 13.1 Å². The maximum absolute atomic E-state index is 2.52. The second-order valence-corrected chi connectivity index (χ2v) is 6.71. The van der Waals surface area contributed by atoms with E-state index in [0.29, 0.717) is 5.41 Å². The third kappa shape index (κ3) is 1.60. The second kappa shape index (κ2) is 3.23. The first-order chi connectivity index (χ1) is 6.39. The number of nitrogens with zero attached hydrogens (tertiary/aromatic N) is 1. The Balaban J connectivity index is 2.09. The third-order valence-electron chi connectivity index (χ3n) is 4.65. The summed E-state index contributed by atoms with van der Waals surface area (Å²) in [4.78, 5) is 2.52. The van der Waals surface area contributed by atoms with Crippen LogP contribution in [-0.2, 0) is 0 Å². The highest BCUT2D eigenvalue weighted by atomic mass is 15.1. The molecular formula is C13H25N. The monoisotopic (exact) mass is 195 g/mol. The molecule has 0 amide bonds. The van der Waals surface area contributed by atoms with Gasteiger partial charge in [-0.2, -0.15) is 0 Å². The molecule has 0 bridgehead atoms. The largest absolute Gasteiger partial charge is 0.306 e. The standard InChI is InChI=1S/C13H25N/c1-9-11-8-14(5)7-10(11)6-12(9)13(2,3)4/h9-12H,6-8H2,1-5H3. The van der Waals surface area contributed by atoms with Gasteiger partial charge in [0.2, 0.25) is 0 Å². The number of rotatable bonds is 0. The van der Waals surface area contributed by atoms with Gasteiger partial charge in [-0.05, 0) is 42.6 Å². The van der Waals surface area contributed by atoms with E-state index < -0.39 is 0 Å². The van der Waals surface area contributed by atoms with Crippen molar-refractivity contribution in [1.82, 2.24) is 4.90 Å². The lowest BCUT2D eigenvalue weighted by Gasteiger charge is -2.32. The summed E-state index contributed by atoms with van der Waals surface area (Å²) in [5, 5.41) is 0. The van der Waals surface area contributed by atoms with Gasteiger partial charge in [-0.15, -0.1) is 0 Å². The molecule has 0 aromatic carbocycles. The van der Waals surface area contributed by atoms with Gasteiger partial charge in [0.25, 0.3) is 0 Å². The number of hydrogen-bond donors (Lipinski definition) is 0. The lowest BCUT2D eigenvalue weighted by atomic mass is 9.74. The van der Waals surface area contributed by atoms with Gasteiger partial charge >= 0.3 is 0 Å². The minimum Gasteiger partial charge on any atom is -0.306 e. The predicted molar refractivity (Wildman–Crippen MR) is 61.2 cm³/mol. The van der Waals surface area contributed by atoms with Gasteiger partial charge in [0.05, 0.1) is 0 Å². The Morgan fingerprint density at radius 3 is 2.29 bits per heavy atom. The fourth-order valence-electron chi connectivity index (χ4n) is 3.95. The van der Waals surface area contributed by atoms with E-state index in [4.69, 9.17) is 0 Å². The van der Waals surface area contributed by atoms with Crippen LogP contribution in [0.4, 0.5) is 0 Å². The van der Waals surface area contributed by atoms with Crippen LogP contribution in [0.25, 0.3) is 0 Å². The van der Waals surface area contributed by atoms with Crippen molar-refractivity contribution in [2.75, 3.05) is 20.1 Å². The van der Waals surface area contributed by atoms with Crippen molar-refractivity contribution >= 4 is 0 Å². The normalized spacial score (nSPS) is 44.4. The van der Waals surface area contributed by atoms with E-state index in [1.165, 1.54) is 19.5 Å². The highest BCUT2D eigenvalue weighted by Gasteiger charge is 2.48. The molecule has 82 valence electrons. The molecule has 0 N–H and O–H groups in total. The van der Waals surface area contributed by atoms with Gasteiger partial charge in [-0.1, -0.05) is 27.7 Å². The molecule has 2 rings (SSSR count). The van der Waals surface area contributed by atoms with E-state index in [-0.39, 0.29) is 0 Å². The summed E-state index contributed by atoms with van der Waals surface area (Å²) in [6, 6.07) is 0. The molecule has 1 heteroatoms. The SMILES string of the molecule is CC1C2CN(C)CC2CC1C(C)(C)C. The van der Waals surface area contributed by atoms with E-state index in [0.717, 1.165) is 23.7 Å². The minimum absolute atomic E-state index is 0.516. The van der Waals surface area contributed by atoms with E-state index in [1.807, 2.05) is 0 Å². The van der Waals surface area contributed by atoms with Gasteiger partial charge in [0.1, 0.15) is 0 Å². The maximum atomic E-state index is 2.52. The zero-order chi connectivity index (χ0) is 10.5. The van der Waals surface area contributed by atoms with Crippen LogP contribution in [0.15, 0.2) is 0 Å². The fourth-order valence-corrected chi connectivity index (χ4v) is 3.95. The van der Waals surface area contributed by atoms with Crippen LogP contribution in [-0.4, -0.2) is 25.0 Å². The van der Waals surface area contributed by atoms with Crippen LogP contribution in [0.3, 0.4) is 0 Å². The first kappa shape index (κ1) is 10.5. The van der Waals surface area contributed by atoms with E-state index >= 15 is 0 Å². The Morgan fingerprint density at radius 1 is 1.14 bits per heavy atom. The first-order valence-corrected chi connectivity index (χ1v) is 6.08. The molecule has 1 aliphatic carbocycles. The Bertz CT molecular complexity index is 216. The number of fused-ring (bicyclic) bond motifs is 1. The van der Waals surface area contributed by atoms with Gasteiger partial charge in [-0.3, -0.25) is 0 Å². The van der Waals surface area contributed by atoms with Crippen LogP contribution in [0.1, 0.15) is 34.1 Å². The van der Waals surface area contributed by atoms with Crippen molar-refractivity contribution in [1.29, 1.82) is 0 Å². The summed E-state index contributed by atoms with van der Waals surface area (Å²) in [6.45, 7) is 12.4. The predicted octanol–water partition coefficient (Wildman–Crippen LogP) is 2.87. The lowest BCUT2D eigenvalue weighted by molar-refractivity contribution is 0.165. The van der Waals surface area contributed by atoms with Gasteiger partial charge < -0.3 is 4.90 Å². The van der Waals surface area contributed by atoms with E-state index in [2.05, 4.69) is 39.6 Å². The molecule has 1 heterocycles. The van der Waals surface area contributed by atoms with E-state index in [9.17, 15) is 0 Å². The molecule has 1 saturated carbocycles. The van der Waals surface area contributed by atoms with Crippen molar-refractivity contribution in [2.24, 2.45) is 29.1 Å². The molecule has 14 heavy (non-hydrogen) atoms. The van der Waals surface area contributed by atoms with Crippen molar-refractivity contribution in [3.63, 3.8) is 0 Å². The Labute approximate surface area is 88.9 Å². The van der Waals surface area contributed by atoms with Crippen LogP contribution < -0.4 is 0 Å². The molecule has 4 unspecified atom stereocenters. The molecule has 0 spiro atoms. The highest BCUT2D eigenvalue weighted by molar-refractivity contribution is 4.98. The molecule has 0 aromatic heterocycles. The molecular weight excluding hydrogens is 170 g/mol. The Morgan fingerprint density at radius 2 is 1.79 bits per heavy atom. The van der Waals surface area contributed by atoms with Crippen LogP contribution >= 0.6 is 0 Å². The van der Waals surface area contributed by atoms with Crippen molar-refractivity contribution in [2.45, 2.75) is 34.1 Å². The topological polar surface area (TPSA) is 3.24 Å². The summed E-state index contributed by atoms with van der Waals surface area (Å²) < 4.78 is 0. The maximum Gasteiger partial charge on any atom is 0.00125 e. The summed E-state index contributed by atoms with van der Waals surface area (Å²) in [7, 11) is 2.27. The Kier molecular flexibility index (Phi) is 2.42. The second-order valence-electron chi connectivity index (χ2n) is 6.71. The zero-order valence-corrected chi connectivity index (χ0v) is 10.4. The molecule has 1 nitrogen and oxygen atoms in total. The van der Waals surface area contributed by atoms with Gasteiger partial charge in [0.15, 0.2) is 0 Å². The summed E-state index contributed by atoms with van der Waals surface area (Å²) in [5.41, 5.74) is 0.516. The molecule has 1 saturated heterocycles. The molecule has 1 aliphatic heterocycles. The number of hydrogen-bond acceptors (Lipinski definition) is 1. The van der Waals surface area contributed by atoms with Crippen LogP contribution in [0.2, 0.25) is 0 Å². The third-order valence-corrected chi connectivity index (χ3v) is 4.65. The van der Waals surface area contributed by atoms with Crippen LogP contribution in [0.5, 0.6) is 0 Å². The van der Waals surface area contributed by atoms with Crippen LogP contribution in [0, 0.1) is 29.1 Å². The molecule has 0 aromatic rings. The summed E-state index contributed by atoms with van der Waals surface area (Å²) in [5.74, 6) is 3.87. The average Bonchev–Trinajstić information content (AvgIpc) is 2.49. The number of likely N-dealkylation sites (tertiary alicyclic amines) is 1. The van der Waals surface area contributed by atoms with Crippen molar-refractivity contribution in [3.8, 4) is 0 Å². The smallest absolute Gasteiger partial charge is 0.00125 e. The zero-order valence-electron chi connectivity index (χ0n) is 10.4. The summed E-state index contributed by atoms with van der Waals surface area (Å²) in [6.07, 6.45) is 1.47. The molecule has 4 atom stereocenters. The molecule has 2 fully saturated rings. The van der Waals surface area contributed by atoms with Gasteiger partial charge in [-0.25, -0.2) is 0 Å². The Hall–Kier alpha value is -0.0400. The van der Waals surface area contributed by atoms with E-state index in [1.54, 1.807) is 0 Å².